The summed E-state index contributed by atoms with van der Waals surface area (Å²) in [7, 11) is 3.15. The second-order valence-corrected chi connectivity index (χ2v) is 6.43. The molecule has 0 saturated heterocycles. The Kier molecular flexibility index (Phi) is 4.51. The van der Waals surface area contributed by atoms with E-state index in [0.717, 1.165) is 10.2 Å². The van der Waals surface area contributed by atoms with E-state index in [9.17, 15) is 9.59 Å². The molecule has 3 aromatic rings. The molecule has 0 N–H and O–H groups in total. The van der Waals surface area contributed by atoms with Gasteiger partial charge in [-0.25, -0.2) is 4.79 Å². The number of carbonyl (C=O) groups excluding carboxylic acids is 2. The summed E-state index contributed by atoms with van der Waals surface area (Å²) in [5.41, 5.74) is 1.68. The van der Waals surface area contributed by atoms with Crippen LogP contribution in [-0.2, 0) is 11.8 Å². The van der Waals surface area contributed by atoms with E-state index in [1.807, 2.05) is 7.05 Å². The summed E-state index contributed by atoms with van der Waals surface area (Å²) in [6.45, 7) is 0. The summed E-state index contributed by atoms with van der Waals surface area (Å²) < 4.78 is 7.36. The average molecular weight is 361 g/mol. The first kappa shape index (κ1) is 16.4. The van der Waals surface area contributed by atoms with Gasteiger partial charge in [0.1, 0.15) is 0 Å². The summed E-state index contributed by atoms with van der Waals surface area (Å²) in [5.74, 6) is -0.811. The average Bonchev–Trinajstić information content (AvgIpc) is 2.89. The number of methoxy groups -OCH3 is 1. The van der Waals surface area contributed by atoms with Gasteiger partial charge in [-0.05, 0) is 30.3 Å². The molecule has 0 aliphatic heterocycles. The molecule has 1 heterocycles. The van der Waals surface area contributed by atoms with Gasteiger partial charge in [0.15, 0.2) is 4.80 Å². The Hall–Kier alpha value is -2.44. The molecule has 122 valence electrons. The number of benzene rings is 2. The summed E-state index contributed by atoms with van der Waals surface area (Å²) in [5, 5.41) is 0.364. The number of amides is 1. The molecule has 0 atom stereocenters. The maximum atomic E-state index is 12.4. The van der Waals surface area contributed by atoms with E-state index in [4.69, 9.17) is 16.3 Å². The van der Waals surface area contributed by atoms with Gasteiger partial charge in [-0.3, -0.25) is 4.79 Å². The Morgan fingerprint density at radius 2 is 1.96 bits per heavy atom. The molecule has 5 nitrogen and oxygen atoms in total. The lowest BCUT2D eigenvalue weighted by Gasteiger charge is -2.00. The summed E-state index contributed by atoms with van der Waals surface area (Å²) >= 11 is 7.36. The predicted octanol–water partition coefficient (Wildman–Crippen LogP) is 3.42. The highest BCUT2D eigenvalue weighted by atomic mass is 35.5. The number of ether oxygens (including phenoxy) is 1. The van der Waals surface area contributed by atoms with Crippen LogP contribution in [0.5, 0.6) is 0 Å². The third kappa shape index (κ3) is 2.98. The SMILES string of the molecule is COC(=O)c1ccc2c(c1)sc(=NC(=O)c1ccccc1Cl)n2C. The largest absolute Gasteiger partial charge is 0.465 e. The van der Waals surface area contributed by atoms with Gasteiger partial charge < -0.3 is 9.30 Å². The number of rotatable bonds is 2. The van der Waals surface area contributed by atoms with Gasteiger partial charge >= 0.3 is 5.97 Å². The maximum Gasteiger partial charge on any atom is 0.337 e. The van der Waals surface area contributed by atoms with Crippen molar-refractivity contribution in [2.24, 2.45) is 12.0 Å². The van der Waals surface area contributed by atoms with Crippen molar-refractivity contribution in [3.8, 4) is 0 Å². The van der Waals surface area contributed by atoms with Crippen molar-refractivity contribution in [1.29, 1.82) is 0 Å². The Morgan fingerprint density at radius 3 is 2.67 bits per heavy atom. The Balaban J connectivity index is 2.09. The first-order valence-corrected chi connectivity index (χ1v) is 8.22. The van der Waals surface area contributed by atoms with Gasteiger partial charge in [0.25, 0.3) is 5.91 Å². The number of fused-ring (bicyclic) bond motifs is 1. The van der Waals surface area contributed by atoms with Crippen molar-refractivity contribution in [2.45, 2.75) is 0 Å². The van der Waals surface area contributed by atoms with Crippen LogP contribution < -0.4 is 4.80 Å². The van der Waals surface area contributed by atoms with Crippen molar-refractivity contribution in [1.82, 2.24) is 4.57 Å². The quantitative estimate of drug-likeness (QED) is 0.658. The number of aromatic nitrogens is 1. The molecule has 3 rings (SSSR count). The number of halogens is 1. The number of hydrogen-bond donors (Lipinski definition) is 0. The zero-order valence-electron chi connectivity index (χ0n) is 12.9. The lowest BCUT2D eigenvalue weighted by atomic mass is 10.2. The molecule has 0 unspecified atom stereocenters. The van der Waals surface area contributed by atoms with Crippen LogP contribution in [0.3, 0.4) is 0 Å². The van der Waals surface area contributed by atoms with Gasteiger partial charge in [-0.15, -0.1) is 0 Å². The molecule has 1 amide bonds. The van der Waals surface area contributed by atoms with Crippen molar-refractivity contribution in [2.75, 3.05) is 7.11 Å². The fourth-order valence-corrected chi connectivity index (χ4v) is 3.54. The first-order valence-electron chi connectivity index (χ1n) is 7.02. The molecular formula is C17H13ClN2O3S. The number of hydrogen-bond acceptors (Lipinski definition) is 4. The van der Waals surface area contributed by atoms with Crippen LogP contribution in [-0.4, -0.2) is 23.6 Å². The molecule has 2 aromatic carbocycles. The van der Waals surface area contributed by atoms with Crippen molar-refractivity contribution >= 4 is 45.0 Å². The summed E-state index contributed by atoms with van der Waals surface area (Å²) in [6, 6.07) is 12.0. The molecule has 0 radical (unpaired) electrons. The van der Waals surface area contributed by atoms with Crippen molar-refractivity contribution < 1.29 is 14.3 Å². The summed E-state index contributed by atoms with van der Waals surface area (Å²) in [4.78, 5) is 28.7. The van der Waals surface area contributed by atoms with Crippen LogP contribution in [0, 0.1) is 0 Å². The molecule has 24 heavy (non-hydrogen) atoms. The van der Waals surface area contributed by atoms with Crippen LogP contribution in [0.15, 0.2) is 47.5 Å². The number of carbonyl (C=O) groups is 2. The van der Waals surface area contributed by atoms with Gasteiger partial charge in [0.05, 0.1) is 33.5 Å². The van der Waals surface area contributed by atoms with Gasteiger partial charge in [0.2, 0.25) is 0 Å². The highest BCUT2D eigenvalue weighted by Crippen LogP contribution is 2.20. The minimum absolute atomic E-state index is 0.354. The summed E-state index contributed by atoms with van der Waals surface area (Å²) in [6.07, 6.45) is 0. The topological polar surface area (TPSA) is 60.7 Å². The van der Waals surface area contributed by atoms with Crippen LogP contribution in [0.1, 0.15) is 20.7 Å². The van der Waals surface area contributed by atoms with Crippen molar-refractivity contribution in [3.05, 3.63) is 63.4 Å². The van der Waals surface area contributed by atoms with E-state index in [2.05, 4.69) is 4.99 Å². The predicted molar refractivity (Wildman–Crippen MR) is 93.5 cm³/mol. The maximum absolute atomic E-state index is 12.4. The van der Waals surface area contributed by atoms with Gasteiger partial charge in [0, 0.05) is 7.05 Å². The molecule has 0 spiro atoms. The lowest BCUT2D eigenvalue weighted by Crippen LogP contribution is -2.13. The molecule has 0 aliphatic carbocycles. The van der Waals surface area contributed by atoms with Gasteiger partial charge in [-0.1, -0.05) is 35.1 Å². The molecule has 0 bridgehead atoms. The minimum Gasteiger partial charge on any atom is -0.465 e. The second-order valence-electron chi connectivity index (χ2n) is 5.01. The number of nitrogens with zero attached hydrogens (tertiary/aromatic N) is 2. The van der Waals surface area contributed by atoms with Crippen LogP contribution in [0.25, 0.3) is 10.2 Å². The van der Waals surface area contributed by atoms with Gasteiger partial charge in [-0.2, -0.15) is 4.99 Å². The number of aryl methyl sites for hydroxylation is 1. The van der Waals surface area contributed by atoms with E-state index < -0.39 is 11.9 Å². The van der Waals surface area contributed by atoms with Crippen LogP contribution >= 0.6 is 22.9 Å². The smallest absolute Gasteiger partial charge is 0.337 e. The Morgan fingerprint density at radius 1 is 1.21 bits per heavy atom. The van der Waals surface area contributed by atoms with E-state index in [1.165, 1.54) is 18.4 Å². The fourth-order valence-electron chi connectivity index (χ4n) is 2.27. The number of thiazole rings is 1. The van der Waals surface area contributed by atoms with Crippen molar-refractivity contribution in [3.63, 3.8) is 0 Å². The molecule has 7 heteroatoms. The molecule has 0 aliphatic rings. The Bertz CT molecular complexity index is 1020. The highest BCUT2D eigenvalue weighted by molar-refractivity contribution is 7.16. The molecule has 0 fully saturated rings. The lowest BCUT2D eigenvalue weighted by molar-refractivity contribution is 0.0601. The molecule has 1 aromatic heterocycles. The monoisotopic (exact) mass is 360 g/mol. The second kappa shape index (κ2) is 6.59. The van der Waals surface area contributed by atoms with Crippen LogP contribution in [0.2, 0.25) is 5.02 Å². The minimum atomic E-state index is -0.407. The fraction of sp³-hybridized carbons (Fsp3) is 0.118. The zero-order chi connectivity index (χ0) is 17.3. The molecular weight excluding hydrogens is 348 g/mol. The van der Waals surface area contributed by atoms with E-state index in [1.54, 1.807) is 47.0 Å². The Labute approximate surface area is 146 Å². The van der Waals surface area contributed by atoms with E-state index >= 15 is 0 Å². The van der Waals surface area contributed by atoms with E-state index in [-0.39, 0.29) is 0 Å². The zero-order valence-corrected chi connectivity index (χ0v) is 14.5. The van der Waals surface area contributed by atoms with Crippen LogP contribution in [0.4, 0.5) is 0 Å². The normalized spacial score (nSPS) is 11.7. The highest BCUT2D eigenvalue weighted by Gasteiger charge is 2.12. The van der Waals surface area contributed by atoms with E-state index in [0.29, 0.717) is 21.0 Å². The number of esters is 1. The first-order chi connectivity index (χ1) is 11.5. The third-order valence-electron chi connectivity index (χ3n) is 3.53. The third-order valence-corrected chi connectivity index (χ3v) is 4.96. The molecule has 0 saturated carbocycles. The standard InChI is InChI=1S/C17H13ClN2O3S/c1-20-13-8-7-10(16(22)23-2)9-14(13)24-17(20)19-15(21)11-5-3-4-6-12(11)18/h3-9H,1-2H3.